The summed E-state index contributed by atoms with van der Waals surface area (Å²) in [6.07, 6.45) is 4.36. The van der Waals surface area contributed by atoms with Crippen LogP contribution in [0.4, 0.5) is 0 Å². The number of hydrogen-bond donors (Lipinski definition) is 1. The first-order valence-electron chi connectivity index (χ1n) is 7.52. The normalized spacial score (nSPS) is 19.3. The topological polar surface area (TPSA) is 65.2 Å². The van der Waals surface area contributed by atoms with Gasteiger partial charge in [-0.25, -0.2) is 0 Å². The van der Waals surface area contributed by atoms with E-state index in [9.17, 15) is 0 Å². The van der Waals surface area contributed by atoms with E-state index in [-0.39, 0.29) is 6.04 Å². The van der Waals surface area contributed by atoms with Crippen molar-refractivity contribution in [2.24, 2.45) is 20.4 Å². The van der Waals surface area contributed by atoms with E-state index < -0.39 is 0 Å². The lowest BCUT2D eigenvalue weighted by Crippen LogP contribution is -1.95. The minimum Gasteiger partial charge on any atom is -0.361 e. The molecular weight excluding hydrogens is 286 g/mol. The molecule has 1 aromatic heterocycles. The molecule has 5 nitrogen and oxygen atoms in total. The number of para-hydroxylation sites is 1. The maximum absolute atomic E-state index is 4.27. The highest BCUT2D eigenvalue weighted by atomic mass is 15.3. The number of amidine groups is 1. The van der Waals surface area contributed by atoms with E-state index in [1.54, 1.807) is 6.21 Å². The van der Waals surface area contributed by atoms with Gasteiger partial charge in [0.15, 0.2) is 5.84 Å². The van der Waals surface area contributed by atoms with Crippen LogP contribution in [0.25, 0.3) is 10.9 Å². The van der Waals surface area contributed by atoms with Crippen molar-refractivity contribution in [3.63, 3.8) is 0 Å². The molecule has 2 heterocycles. The molecule has 1 aliphatic heterocycles. The van der Waals surface area contributed by atoms with Crippen LogP contribution in [-0.2, 0) is 0 Å². The second kappa shape index (κ2) is 5.96. The highest BCUT2D eigenvalue weighted by Gasteiger charge is 2.19. The van der Waals surface area contributed by atoms with Crippen molar-refractivity contribution in [3.8, 4) is 0 Å². The molecular formula is C18H15N5. The number of azo groups is 1. The predicted octanol–water partition coefficient (Wildman–Crippen LogP) is 4.50. The fourth-order valence-corrected chi connectivity index (χ4v) is 2.67. The Morgan fingerprint density at radius 2 is 1.87 bits per heavy atom. The summed E-state index contributed by atoms with van der Waals surface area (Å²) in [6, 6.07) is 18.3. The Bertz CT molecular complexity index is 905. The van der Waals surface area contributed by atoms with Gasteiger partial charge >= 0.3 is 0 Å². The van der Waals surface area contributed by atoms with Crippen molar-refractivity contribution in [1.29, 1.82) is 0 Å². The Kier molecular flexibility index (Phi) is 3.52. The first kappa shape index (κ1) is 13.6. The number of hydrogen-bond acceptors (Lipinski definition) is 3. The molecule has 0 amide bonds. The van der Waals surface area contributed by atoms with Gasteiger partial charge in [0.05, 0.1) is 6.21 Å². The van der Waals surface area contributed by atoms with Crippen LogP contribution < -0.4 is 0 Å². The van der Waals surface area contributed by atoms with Gasteiger partial charge in [-0.15, -0.1) is 10.2 Å². The van der Waals surface area contributed by atoms with Crippen LogP contribution in [0.5, 0.6) is 0 Å². The zero-order valence-electron chi connectivity index (χ0n) is 12.4. The lowest BCUT2D eigenvalue weighted by molar-refractivity contribution is 0.773. The van der Waals surface area contributed by atoms with Gasteiger partial charge in [-0.1, -0.05) is 48.5 Å². The summed E-state index contributed by atoms with van der Waals surface area (Å²) >= 11 is 0. The molecule has 0 saturated carbocycles. The van der Waals surface area contributed by atoms with E-state index in [1.165, 1.54) is 0 Å². The summed E-state index contributed by atoms with van der Waals surface area (Å²) in [5.41, 5.74) is 3.26. The quantitative estimate of drug-likeness (QED) is 0.547. The lowest BCUT2D eigenvalue weighted by Gasteiger charge is -2.02. The third kappa shape index (κ3) is 2.81. The van der Waals surface area contributed by atoms with Crippen LogP contribution in [0.1, 0.15) is 23.6 Å². The molecule has 0 bridgehead atoms. The van der Waals surface area contributed by atoms with Crippen LogP contribution in [0.3, 0.4) is 0 Å². The molecule has 1 aliphatic rings. The molecule has 5 heteroatoms. The van der Waals surface area contributed by atoms with Gasteiger partial charge in [0.2, 0.25) is 0 Å². The lowest BCUT2D eigenvalue weighted by atomic mass is 10.1. The van der Waals surface area contributed by atoms with Gasteiger partial charge in [-0.05, 0) is 11.6 Å². The molecule has 112 valence electrons. The molecule has 0 spiro atoms. The molecule has 0 aliphatic carbocycles. The molecule has 1 atom stereocenters. The summed E-state index contributed by atoms with van der Waals surface area (Å²) in [5, 5.41) is 17.9. The molecule has 23 heavy (non-hydrogen) atoms. The number of aromatic amines is 1. The van der Waals surface area contributed by atoms with Crippen molar-refractivity contribution >= 4 is 23.0 Å². The van der Waals surface area contributed by atoms with Crippen molar-refractivity contribution in [2.75, 3.05) is 0 Å². The zero-order valence-corrected chi connectivity index (χ0v) is 12.4. The Labute approximate surface area is 133 Å². The highest BCUT2D eigenvalue weighted by molar-refractivity contribution is 5.99. The van der Waals surface area contributed by atoms with Crippen LogP contribution in [-0.4, -0.2) is 17.0 Å². The highest BCUT2D eigenvalue weighted by Crippen LogP contribution is 2.27. The SMILES string of the molecule is C(=NN=C1CC(c2ccccc2)N=N1)c1c[nH]c2ccccc12. The number of fused-ring (bicyclic) bond motifs is 1. The summed E-state index contributed by atoms with van der Waals surface area (Å²) in [4.78, 5) is 3.21. The Balaban J connectivity index is 1.49. The van der Waals surface area contributed by atoms with Gasteiger partial charge in [0.1, 0.15) is 6.04 Å². The number of nitrogens with one attached hydrogen (secondary N) is 1. The third-order valence-electron chi connectivity index (χ3n) is 3.86. The standard InChI is InChI=1S/C18H15N5/c1-2-6-13(7-3-1)17-10-18(23-21-17)22-20-12-14-11-19-16-9-5-4-8-15(14)16/h1-9,11-12,17,19H,10H2. The van der Waals surface area contributed by atoms with E-state index in [1.807, 2.05) is 42.6 Å². The molecule has 3 aromatic rings. The molecule has 0 radical (unpaired) electrons. The maximum atomic E-state index is 4.27. The van der Waals surface area contributed by atoms with Gasteiger partial charge in [0, 0.05) is 29.1 Å². The molecule has 1 N–H and O–H groups in total. The first-order chi connectivity index (χ1) is 11.4. The first-order valence-corrected chi connectivity index (χ1v) is 7.52. The third-order valence-corrected chi connectivity index (χ3v) is 3.86. The fourth-order valence-electron chi connectivity index (χ4n) is 2.67. The number of H-pyrrole nitrogens is 1. The number of benzene rings is 2. The van der Waals surface area contributed by atoms with E-state index in [2.05, 4.69) is 43.6 Å². The average Bonchev–Trinajstić information content (AvgIpc) is 3.23. The molecule has 4 rings (SSSR count). The monoisotopic (exact) mass is 301 g/mol. The fraction of sp³-hybridized carbons (Fsp3) is 0.111. The van der Waals surface area contributed by atoms with E-state index >= 15 is 0 Å². The summed E-state index contributed by atoms with van der Waals surface area (Å²) in [7, 11) is 0. The number of rotatable bonds is 3. The zero-order chi connectivity index (χ0) is 15.5. The predicted molar refractivity (Wildman–Crippen MR) is 92.0 cm³/mol. The van der Waals surface area contributed by atoms with E-state index in [0.29, 0.717) is 12.3 Å². The molecule has 2 aromatic carbocycles. The average molecular weight is 301 g/mol. The smallest absolute Gasteiger partial charge is 0.175 e. The molecule has 0 saturated heterocycles. The summed E-state index contributed by atoms with van der Waals surface area (Å²) in [6.45, 7) is 0. The van der Waals surface area contributed by atoms with Crippen LogP contribution >= 0.6 is 0 Å². The van der Waals surface area contributed by atoms with E-state index in [0.717, 1.165) is 22.0 Å². The molecule has 1 unspecified atom stereocenters. The Hall–Kier alpha value is -3.08. The Morgan fingerprint density at radius 1 is 1.04 bits per heavy atom. The largest absolute Gasteiger partial charge is 0.361 e. The van der Waals surface area contributed by atoms with Crippen LogP contribution in [0.2, 0.25) is 0 Å². The van der Waals surface area contributed by atoms with Gasteiger partial charge in [-0.3, -0.25) is 0 Å². The van der Waals surface area contributed by atoms with Gasteiger partial charge in [-0.2, -0.15) is 10.2 Å². The number of aromatic nitrogens is 1. The van der Waals surface area contributed by atoms with Crippen molar-refractivity contribution in [3.05, 3.63) is 71.9 Å². The summed E-state index contributed by atoms with van der Waals surface area (Å²) < 4.78 is 0. The second-order valence-corrected chi connectivity index (χ2v) is 5.40. The molecule has 0 fully saturated rings. The van der Waals surface area contributed by atoms with Crippen molar-refractivity contribution < 1.29 is 0 Å². The van der Waals surface area contributed by atoms with Crippen molar-refractivity contribution in [2.45, 2.75) is 12.5 Å². The maximum Gasteiger partial charge on any atom is 0.175 e. The van der Waals surface area contributed by atoms with Gasteiger partial charge < -0.3 is 4.98 Å². The van der Waals surface area contributed by atoms with Crippen LogP contribution in [0, 0.1) is 0 Å². The minimum atomic E-state index is 0.0539. The van der Waals surface area contributed by atoms with Gasteiger partial charge in [0.25, 0.3) is 0 Å². The Morgan fingerprint density at radius 3 is 2.78 bits per heavy atom. The van der Waals surface area contributed by atoms with E-state index in [4.69, 9.17) is 0 Å². The number of nitrogens with zero attached hydrogens (tertiary/aromatic N) is 4. The summed E-state index contributed by atoms with van der Waals surface area (Å²) in [5.74, 6) is 0.662. The minimum absolute atomic E-state index is 0.0539. The van der Waals surface area contributed by atoms with Crippen molar-refractivity contribution in [1.82, 2.24) is 4.98 Å². The van der Waals surface area contributed by atoms with Crippen LogP contribution in [0.15, 0.2) is 81.2 Å². The second-order valence-electron chi connectivity index (χ2n) is 5.40.